The van der Waals surface area contributed by atoms with E-state index in [0.29, 0.717) is 12.5 Å². The first-order chi connectivity index (χ1) is 9.47. The quantitative estimate of drug-likeness (QED) is 0.800. The van der Waals surface area contributed by atoms with Gasteiger partial charge >= 0.3 is 5.97 Å². The van der Waals surface area contributed by atoms with Gasteiger partial charge in [-0.05, 0) is 46.1 Å². The second-order valence-corrected chi connectivity index (χ2v) is 6.42. The molecule has 116 valence electrons. The number of morpholine rings is 1. The standard InChI is InChI=1S/C15H28N2O3/c1-4-7-16-15(14(18)19)6-5-13(8-15)17-9-11(2)20-12(3)10-17/h11-13,16H,4-10H2,1-3H3,(H,18,19)/t11-,12+,13?,15?. The Bertz CT molecular complexity index is 340. The van der Waals surface area contributed by atoms with Crippen molar-refractivity contribution in [3.05, 3.63) is 0 Å². The summed E-state index contributed by atoms with van der Waals surface area (Å²) in [6.07, 6.45) is 3.84. The third kappa shape index (κ3) is 3.32. The van der Waals surface area contributed by atoms with Crippen LogP contribution in [0.25, 0.3) is 0 Å². The van der Waals surface area contributed by atoms with Crippen LogP contribution in [-0.4, -0.2) is 59.4 Å². The summed E-state index contributed by atoms with van der Waals surface area (Å²) in [7, 11) is 0. The van der Waals surface area contributed by atoms with Crippen LogP contribution in [0.5, 0.6) is 0 Å². The lowest BCUT2D eigenvalue weighted by Gasteiger charge is -2.39. The maximum absolute atomic E-state index is 11.7. The SMILES string of the molecule is CCCNC1(C(=O)O)CCC(N2C[C@@H](C)O[C@@H](C)C2)C1. The van der Waals surface area contributed by atoms with E-state index >= 15 is 0 Å². The van der Waals surface area contributed by atoms with Gasteiger partial charge in [0.1, 0.15) is 5.54 Å². The highest BCUT2D eigenvalue weighted by molar-refractivity contribution is 5.79. The summed E-state index contributed by atoms with van der Waals surface area (Å²) in [5.41, 5.74) is -0.717. The number of carboxylic acids is 1. The third-order valence-corrected chi connectivity index (χ3v) is 4.58. The number of ether oxygens (including phenoxy) is 1. The summed E-state index contributed by atoms with van der Waals surface area (Å²) in [6.45, 7) is 8.86. The molecule has 0 amide bonds. The van der Waals surface area contributed by atoms with Crippen LogP contribution in [0.4, 0.5) is 0 Å². The predicted molar refractivity (Wildman–Crippen MR) is 77.9 cm³/mol. The topological polar surface area (TPSA) is 61.8 Å². The van der Waals surface area contributed by atoms with Gasteiger partial charge in [-0.25, -0.2) is 0 Å². The molecule has 2 rings (SSSR count). The third-order valence-electron chi connectivity index (χ3n) is 4.58. The lowest BCUT2D eigenvalue weighted by atomic mass is 9.97. The van der Waals surface area contributed by atoms with Gasteiger partial charge in [0.05, 0.1) is 12.2 Å². The van der Waals surface area contributed by atoms with Crippen LogP contribution >= 0.6 is 0 Å². The zero-order valence-corrected chi connectivity index (χ0v) is 12.9. The van der Waals surface area contributed by atoms with Crippen molar-refractivity contribution in [2.24, 2.45) is 0 Å². The lowest BCUT2D eigenvalue weighted by molar-refractivity contribution is -0.145. The molecule has 1 heterocycles. The Labute approximate surface area is 121 Å². The number of carboxylic acid groups (broad SMARTS) is 1. The molecule has 2 aliphatic rings. The molecule has 4 atom stereocenters. The highest BCUT2D eigenvalue weighted by Crippen LogP contribution is 2.34. The minimum atomic E-state index is -0.717. The fourth-order valence-corrected chi connectivity index (χ4v) is 3.64. The lowest BCUT2D eigenvalue weighted by Crippen LogP contribution is -2.53. The maximum atomic E-state index is 11.7. The fraction of sp³-hybridized carbons (Fsp3) is 0.933. The molecule has 0 radical (unpaired) electrons. The first-order valence-electron chi connectivity index (χ1n) is 7.85. The van der Waals surface area contributed by atoms with E-state index in [1.54, 1.807) is 0 Å². The molecule has 1 saturated heterocycles. The number of nitrogens with one attached hydrogen (secondary N) is 1. The number of carbonyl (C=O) groups is 1. The van der Waals surface area contributed by atoms with Crippen molar-refractivity contribution in [3.8, 4) is 0 Å². The largest absolute Gasteiger partial charge is 0.480 e. The van der Waals surface area contributed by atoms with E-state index < -0.39 is 11.5 Å². The molecule has 0 spiro atoms. The van der Waals surface area contributed by atoms with E-state index in [-0.39, 0.29) is 12.2 Å². The Hall–Kier alpha value is -0.650. The Morgan fingerprint density at radius 3 is 2.60 bits per heavy atom. The summed E-state index contributed by atoms with van der Waals surface area (Å²) in [5, 5.41) is 12.9. The van der Waals surface area contributed by atoms with Crippen molar-refractivity contribution >= 4 is 5.97 Å². The predicted octanol–water partition coefficient (Wildman–Crippen LogP) is 1.47. The van der Waals surface area contributed by atoms with Crippen LogP contribution in [0, 0.1) is 0 Å². The van der Waals surface area contributed by atoms with Crippen LogP contribution in [0.15, 0.2) is 0 Å². The molecule has 0 bridgehead atoms. The Kier molecular flexibility index (Phi) is 5.04. The zero-order chi connectivity index (χ0) is 14.8. The van der Waals surface area contributed by atoms with Gasteiger partial charge in [0, 0.05) is 19.1 Å². The minimum absolute atomic E-state index is 0.238. The first kappa shape index (κ1) is 15.7. The van der Waals surface area contributed by atoms with Gasteiger partial charge in [0.2, 0.25) is 0 Å². The molecule has 5 heteroatoms. The summed E-state index contributed by atoms with van der Waals surface area (Å²) < 4.78 is 5.77. The van der Waals surface area contributed by atoms with Gasteiger partial charge < -0.3 is 15.2 Å². The molecule has 0 aromatic rings. The van der Waals surface area contributed by atoms with E-state index in [9.17, 15) is 9.90 Å². The maximum Gasteiger partial charge on any atom is 0.323 e. The Balaban J connectivity index is 2.00. The van der Waals surface area contributed by atoms with Gasteiger partial charge in [0.25, 0.3) is 0 Å². The van der Waals surface area contributed by atoms with Crippen LogP contribution in [0.2, 0.25) is 0 Å². The van der Waals surface area contributed by atoms with Gasteiger partial charge in [-0.1, -0.05) is 6.92 Å². The van der Waals surface area contributed by atoms with E-state index in [1.165, 1.54) is 0 Å². The normalized spacial score (nSPS) is 39.0. The first-order valence-corrected chi connectivity index (χ1v) is 7.85. The molecule has 1 aliphatic heterocycles. The Morgan fingerprint density at radius 2 is 2.05 bits per heavy atom. The van der Waals surface area contributed by atoms with Gasteiger partial charge in [-0.15, -0.1) is 0 Å². The van der Waals surface area contributed by atoms with Crippen molar-refractivity contribution in [1.29, 1.82) is 0 Å². The molecule has 2 N–H and O–H groups in total. The fourth-order valence-electron chi connectivity index (χ4n) is 3.64. The summed E-state index contributed by atoms with van der Waals surface area (Å²) in [6, 6.07) is 0.365. The average Bonchev–Trinajstić information content (AvgIpc) is 2.81. The molecule has 1 saturated carbocycles. The van der Waals surface area contributed by atoms with Crippen molar-refractivity contribution < 1.29 is 14.6 Å². The van der Waals surface area contributed by atoms with Crippen molar-refractivity contribution in [1.82, 2.24) is 10.2 Å². The van der Waals surface area contributed by atoms with Crippen molar-refractivity contribution in [2.45, 2.75) is 70.2 Å². The number of rotatable bonds is 5. The van der Waals surface area contributed by atoms with E-state index in [4.69, 9.17) is 4.74 Å². The number of nitrogens with zero attached hydrogens (tertiary/aromatic N) is 1. The highest BCUT2D eigenvalue weighted by atomic mass is 16.5. The zero-order valence-electron chi connectivity index (χ0n) is 12.9. The number of hydrogen-bond donors (Lipinski definition) is 2. The van der Waals surface area contributed by atoms with Crippen LogP contribution in [-0.2, 0) is 9.53 Å². The van der Waals surface area contributed by atoms with E-state index in [2.05, 4.69) is 31.0 Å². The molecule has 2 fully saturated rings. The minimum Gasteiger partial charge on any atom is -0.480 e. The average molecular weight is 284 g/mol. The van der Waals surface area contributed by atoms with E-state index in [1.807, 2.05) is 0 Å². The summed E-state index contributed by atoms with van der Waals surface area (Å²) >= 11 is 0. The molecule has 20 heavy (non-hydrogen) atoms. The number of hydrogen-bond acceptors (Lipinski definition) is 4. The smallest absolute Gasteiger partial charge is 0.323 e. The second kappa shape index (κ2) is 6.41. The van der Waals surface area contributed by atoms with Gasteiger partial charge in [0.15, 0.2) is 0 Å². The van der Waals surface area contributed by atoms with Crippen molar-refractivity contribution in [2.75, 3.05) is 19.6 Å². The molecular weight excluding hydrogens is 256 g/mol. The summed E-state index contributed by atoms with van der Waals surface area (Å²) in [4.78, 5) is 14.1. The van der Waals surface area contributed by atoms with Gasteiger partial charge in [-0.2, -0.15) is 0 Å². The molecule has 0 aromatic carbocycles. The molecule has 5 nitrogen and oxygen atoms in total. The van der Waals surface area contributed by atoms with Crippen molar-refractivity contribution in [3.63, 3.8) is 0 Å². The molecule has 1 aliphatic carbocycles. The molecular formula is C15H28N2O3. The van der Waals surface area contributed by atoms with Crippen LogP contribution in [0.1, 0.15) is 46.5 Å². The van der Waals surface area contributed by atoms with Crippen LogP contribution in [0.3, 0.4) is 0 Å². The monoisotopic (exact) mass is 284 g/mol. The highest BCUT2D eigenvalue weighted by Gasteiger charge is 2.47. The number of aliphatic carboxylic acids is 1. The van der Waals surface area contributed by atoms with Gasteiger partial charge in [-0.3, -0.25) is 9.69 Å². The molecule has 0 aromatic heterocycles. The van der Waals surface area contributed by atoms with E-state index in [0.717, 1.165) is 38.9 Å². The summed E-state index contributed by atoms with van der Waals surface area (Å²) in [5.74, 6) is -0.692. The van der Waals surface area contributed by atoms with Crippen LogP contribution < -0.4 is 5.32 Å². The molecule has 2 unspecified atom stereocenters. The Morgan fingerprint density at radius 1 is 1.40 bits per heavy atom. The second-order valence-electron chi connectivity index (χ2n) is 6.42.